The van der Waals surface area contributed by atoms with Crippen molar-refractivity contribution >= 4 is 21.6 Å². The Morgan fingerprint density at radius 1 is 1.45 bits per heavy atom. The molecule has 0 aliphatic heterocycles. The van der Waals surface area contributed by atoms with Crippen molar-refractivity contribution in [3.8, 4) is 0 Å². The number of hydrogen-bond donors (Lipinski definition) is 1. The first-order valence-electron chi connectivity index (χ1n) is 6.53. The van der Waals surface area contributed by atoms with Gasteiger partial charge in [0.2, 0.25) is 0 Å². The normalized spacial score (nSPS) is 10.6. The number of nitrogens with one attached hydrogen (secondary N) is 1. The van der Waals surface area contributed by atoms with E-state index < -0.39 is 0 Å². The Balaban J connectivity index is 2.17. The first kappa shape index (κ1) is 14.7. The molecule has 2 heterocycles. The van der Waals surface area contributed by atoms with E-state index in [0.717, 1.165) is 17.7 Å². The van der Waals surface area contributed by atoms with Crippen molar-refractivity contribution in [2.24, 2.45) is 0 Å². The van der Waals surface area contributed by atoms with E-state index in [-0.39, 0.29) is 5.56 Å². The molecule has 5 nitrogen and oxygen atoms in total. The molecule has 0 radical (unpaired) electrons. The van der Waals surface area contributed by atoms with Crippen LogP contribution >= 0.6 is 15.9 Å². The fraction of sp³-hybridized carbons (Fsp3) is 0.357. The molecule has 0 atom stereocenters. The number of nitrogens with zero attached hydrogens (tertiary/aromatic N) is 3. The maximum Gasteiger partial charge on any atom is 0.283 e. The summed E-state index contributed by atoms with van der Waals surface area (Å²) < 4.78 is 1.97. The Morgan fingerprint density at radius 2 is 2.25 bits per heavy atom. The zero-order valence-corrected chi connectivity index (χ0v) is 13.1. The molecule has 0 aromatic carbocycles. The van der Waals surface area contributed by atoms with Crippen LogP contribution in [0.15, 0.2) is 33.8 Å². The molecule has 0 aliphatic rings. The predicted molar refractivity (Wildman–Crippen MR) is 82.8 cm³/mol. The highest BCUT2D eigenvalue weighted by Gasteiger charge is 2.08. The van der Waals surface area contributed by atoms with Crippen LogP contribution < -0.4 is 10.9 Å². The SMILES string of the molecule is CCCn1ncc(NCc2ncccc2C)c(Br)c1=O. The zero-order chi connectivity index (χ0) is 14.5. The number of aromatic nitrogens is 3. The van der Waals surface area contributed by atoms with Crippen LogP contribution in [-0.4, -0.2) is 14.8 Å². The smallest absolute Gasteiger partial charge is 0.283 e. The molecule has 0 fully saturated rings. The highest BCUT2D eigenvalue weighted by Crippen LogP contribution is 2.17. The van der Waals surface area contributed by atoms with Crippen LogP contribution in [0.1, 0.15) is 24.6 Å². The summed E-state index contributed by atoms with van der Waals surface area (Å²) in [6.07, 6.45) is 4.30. The Labute approximate surface area is 126 Å². The van der Waals surface area contributed by atoms with Gasteiger partial charge < -0.3 is 5.32 Å². The highest BCUT2D eigenvalue weighted by atomic mass is 79.9. The molecule has 2 rings (SSSR count). The Morgan fingerprint density at radius 3 is 2.95 bits per heavy atom. The fourth-order valence-electron chi connectivity index (χ4n) is 1.84. The van der Waals surface area contributed by atoms with Crippen LogP contribution in [0.5, 0.6) is 0 Å². The van der Waals surface area contributed by atoms with E-state index >= 15 is 0 Å². The van der Waals surface area contributed by atoms with Crippen molar-refractivity contribution in [2.45, 2.75) is 33.4 Å². The lowest BCUT2D eigenvalue weighted by Gasteiger charge is -2.10. The van der Waals surface area contributed by atoms with Gasteiger partial charge in [0.1, 0.15) is 4.47 Å². The van der Waals surface area contributed by atoms with Gasteiger partial charge in [-0.2, -0.15) is 5.10 Å². The predicted octanol–water partition coefficient (Wildman–Crippen LogP) is 2.73. The maximum atomic E-state index is 12.1. The largest absolute Gasteiger partial charge is 0.377 e. The molecule has 1 N–H and O–H groups in total. The van der Waals surface area contributed by atoms with Gasteiger partial charge in [-0.25, -0.2) is 4.68 Å². The third-order valence-electron chi connectivity index (χ3n) is 2.98. The summed E-state index contributed by atoms with van der Waals surface area (Å²) in [5.74, 6) is 0. The second kappa shape index (κ2) is 6.65. The number of halogens is 1. The second-order valence-electron chi connectivity index (χ2n) is 4.52. The Hall–Kier alpha value is -1.69. The van der Waals surface area contributed by atoms with Gasteiger partial charge in [-0.15, -0.1) is 0 Å². The first-order valence-corrected chi connectivity index (χ1v) is 7.32. The van der Waals surface area contributed by atoms with Crippen molar-refractivity contribution in [1.29, 1.82) is 0 Å². The number of hydrogen-bond acceptors (Lipinski definition) is 4. The van der Waals surface area contributed by atoms with Crippen LogP contribution in [0.3, 0.4) is 0 Å². The molecule has 106 valence electrons. The minimum Gasteiger partial charge on any atom is -0.377 e. The van der Waals surface area contributed by atoms with Crippen LogP contribution in [0.4, 0.5) is 5.69 Å². The van der Waals surface area contributed by atoms with Crippen molar-refractivity contribution in [3.63, 3.8) is 0 Å². The van der Waals surface area contributed by atoms with Crippen LogP contribution in [0.25, 0.3) is 0 Å². The molecule has 2 aromatic rings. The van der Waals surface area contributed by atoms with Gasteiger partial charge >= 0.3 is 0 Å². The molecule has 2 aromatic heterocycles. The minimum atomic E-state index is -0.116. The van der Waals surface area contributed by atoms with Gasteiger partial charge in [0.05, 0.1) is 24.1 Å². The van der Waals surface area contributed by atoms with E-state index in [0.29, 0.717) is 23.2 Å². The lowest BCUT2D eigenvalue weighted by molar-refractivity contribution is 0.566. The summed E-state index contributed by atoms with van der Waals surface area (Å²) >= 11 is 3.34. The summed E-state index contributed by atoms with van der Waals surface area (Å²) in [4.78, 5) is 16.4. The minimum absolute atomic E-state index is 0.116. The summed E-state index contributed by atoms with van der Waals surface area (Å²) in [6, 6.07) is 3.92. The number of aryl methyl sites for hydroxylation is 2. The molecule has 6 heteroatoms. The van der Waals surface area contributed by atoms with Crippen molar-refractivity contribution in [2.75, 3.05) is 5.32 Å². The first-order chi connectivity index (χ1) is 9.63. The molecule has 0 unspecified atom stereocenters. The Kier molecular flexibility index (Phi) is 4.89. The lowest BCUT2D eigenvalue weighted by Crippen LogP contribution is -2.24. The van der Waals surface area contributed by atoms with E-state index in [4.69, 9.17) is 0 Å². The van der Waals surface area contributed by atoms with Crippen molar-refractivity contribution in [1.82, 2.24) is 14.8 Å². The molecule has 0 saturated heterocycles. The zero-order valence-electron chi connectivity index (χ0n) is 11.6. The van der Waals surface area contributed by atoms with Gasteiger partial charge in [-0.1, -0.05) is 13.0 Å². The van der Waals surface area contributed by atoms with Crippen LogP contribution in [-0.2, 0) is 13.1 Å². The van der Waals surface area contributed by atoms with E-state index in [9.17, 15) is 4.79 Å². The fourth-order valence-corrected chi connectivity index (χ4v) is 2.29. The van der Waals surface area contributed by atoms with Crippen molar-refractivity contribution in [3.05, 3.63) is 50.6 Å². The lowest BCUT2D eigenvalue weighted by atomic mass is 10.2. The number of anilines is 1. The summed E-state index contributed by atoms with van der Waals surface area (Å²) in [7, 11) is 0. The third-order valence-corrected chi connectivity index (χ3v) is 3.75. The van der Waals surface area contributed by atoms with Gasteiger partial charge in [-0.05, 0) is 40.9 Å². The molecule has 0 bridgehead atoms. The van der Waals surface area contributed by atoms with Gasteiger partial charge in [0.25, 0.3) is 5.56 Å². The highest BCUT2D eigenvalue weighted by molar-refractivity contribution is 9.10. The molecule has 0 saturated carbocycles. The number of pyridine rings is 1. The van der Waals surface area contributed by atoms with Crippen LogP contribution in [0, 0.1) is 6.92 Å². The average molecular weight is 337 g/mol. The standard InChI is InChI=1S/C14H17BrN4O/c1-3-7-19-14(20)13(15)12(9-18-19)17-8-11-10(2)5-4-6-16-11/h4-6,9,17H,3,7-8H2,1-2H3. The maximum absolute atomic E-state index is 12.1. The van der Waals surface area contributed by atoms with Gasteiger partial charge in [0, 0.05) is 12.7 Å². The van der Waals surface area contributed by atoms with E-state index in [1.165, 1.54) is 4.68 Å². The molecule has 20 heavy (non-hydrogen) atoms. The summed E-state index contributed by atoms with van der Waals surface area (Å²) in [6.45, 7) is 5.20. The van der Waals surface area contributed by atoms with Crippen molar-refractivity contribution < 1.29 is 0 Å². The second-order valence-corrected chi connectivity index (χ2v) is 5.31. The topological polar surface area (TPSA) is 59.8 Å². The molecular weight excluding hydrogens is 320 g/mol. The van der Waals surface area contributed by atoms with Gasteiger partial charge in [-0.3, -0.25) is 9.78 Å². The van der Waals surface area contributed by atoms with Gasteiger partial charge in [0.15, 0.2) is 0 Å². The average Bonchev–Trinajstić information content (AvgIpc) is 2.45. The molecule has 0 spiro atoms. The molecule has 0 amide bonds. The van der Waals surface area contributed by atoms with E-state index in [2.05, 4.69) is 31.3 Å². The van der Waals surface area contributed by atoms with Crippen LogP contribution in [0.2, 0.25) is 0 Å². The third kappa shape index (κ3) is 3.25. The number of rotatable bonds is 5. The van der Waals surface area contributed by atoms with E-state index in [1.807, 2.05) is 26.0 Å². The summed E-state index contributed by atoms with van der Waals surface area (Å²) in [5, 5.41) is 7.35. The molecular formula is C14H17BrN4O. The van der Waals surface area contributed by atoms with E-state index in [1.54, 1.807) is 12.4 Å². The Bertz CT molecular complexity index is 654. The summed E-state index contributed by atoms with van der Waals surface area (Å²) in [5.41, 5.74) is 2.64. The molecule has 0 aliphatic carbocycles. The monoisotopic (exact) mass is 336 g/mol. The quantitative estimate of drug-likeness (QED) is 0.911.